The van der Waals surface area contributed by atoms with Crippen molar-refractivity contribution in [3.63, 3.8) is 0 Å². The topological polar surface area (TPSA) is 108 Å². The zero-order chi connectivity index (χ0) is 25.3. The summed E-state index contributed by atoms with van der Waals surface area (Å²) in [6.07, 6.45) is -0.141. The van der Waals surface area contributed by atoms with Gasteiger partial charge in [-0.25, -0.2) is 8.78 Å². The fourth-order valence-corrected chi connectivity index (χ4v) is 4.94. The third kappa shape index (κ3) is 5.33. The van der Waals surface area contributed by atoms with Crippen LogP contribution in [0.15, 0.2) is 36.4 Å². The van der Waals surface area contributed by atoms with E-state index in [1.807, 2.05) is 4.90 Å². The van der Waals surface area contributed by atoms with Crippen LogP contribution in [-0.2, 0) is 9.53 Å². The Labute approximate surface area is 208 Å². The molecule has 2 fully saturated rings. The van der Waals surface area contributed by atoms with Crippen LogP contribution in [0.5, 0.6) is 0 Å². The third-order valence-corrected chi connectivity index (χ3v) is 6.74. The summed E-state index contributed by atoms with van der Waals surface area (Å²) >= 11 is 1.18. The van der Waals surface area contributed by atoms with Gasteiger partial charge < -0.3 is 19.9 Å². The van der Waals surface area contributed by atoms with Crippen molar-refractivity contribution in [1.29, 1.82) is 0 Å². The van der Waals surface area contributed by atoms with Gasteiger partial charge in [-0.2, -0.15) is 4.39 Å². The van der Waals surface area contributed by atoms with Crippen LogP contribution in [0.25, 0.3) is 0 Å². The summed E-state index contributed by atoms with van der Waals surface area (Å²) in [6.45, 7) is 0.657. The molecule has 2 atom stereocenters. The third-order valence-electron chi connectivity index (χ3n) is 5.97. The predicted octanol–water partition coefficient (Wildman–Crippen LogP) is 2.94. The molecule has 2 aliphatic rings. The Morgan fingerprint density at radius 1 is 1.14 bits per heavy atom. The molecule has 2 aromatic heterocycles. The van der Waals surface area contributed by atoms with Gasteiger partial charge in [0, 0.05) is 31.9 Å². The quantitative estimate of drug-likeness (QED) is 0.463. The molecular weight excluding hydrogens is 497 g/mol. The standard InChI is InChI=1S/C22H23F3N8O2S/c1-35-18(13-3-2-4-15(9-13)33-11-22(24,25)12-33)19(34)27-21-31-30-20(36-21)26-14-7-8-32(10-14)17-6-5-16(23)28-29-17/h2-6,9,14,18H,7-8,10-12H2,1H3,(H,26,30)(H,27,31,34)/t14-,18+/m1/s1. The van der Waals surface area contributed by atoms with Gasteiger partial charge in [0.25, 0.3) is 11.8 Å². The Bertz CT molecular complexity index is 1220. The van der Waals surface area contributed by atoms with E-state index >= 15 is 0 Å². The number of rotatable bonds is 8. The molecule has 1 aromatic carbocycles. The summed E-state index contributed by atoms with van der Waals surface area (Å²) in [5, 5.41) is 22.3. The Balaban J connectivity index is 1.17. The monoisotopic (exact) mass is 520 g/mol. The summed E-state index contributed by atoms with van der Waals surface area (Å²) in [7, 11) is 1.40. The lowest BCUT2D eigenvalue weighted by molar-refractivity contribution is -0.126. The number of amides is 1. The molecule has 14 heteroatoms. The molecule has 4 heterocycles. The molecule has 0 radical (unpaired) electrons. The first-order valence-corrected chi connectivity index (χ1v) is 12.0. The van der Waals surface area contributed by atoms with E-state index in [1.54, 1.807) is 35.2 Å². The molecule has 1 amide bonds. The maximum absolute atomic E-state index is 13.2. The first-order chi connectivity index (χ1) is 17.3. The van der Waals surface area contributed by atoms with Crippen molar-refractivity contribution in [2.45, 2.75) is 24.5 Å². The van der Waals surface area contributed by atoms with Crippen molar-refractivity contribution in [3.8, 4) is 0 Å². The Hall–Kier alpha value is -3.52. The van der Waals surface area contributed by atoms with Crippen LogP contribution >= 0.6 is 11.3 Å². The normalized spacial score (nSPS) is 19.6. The van der Waals surface area contributed by atoms with Crippen LogP contribution in [0, 0.1) is 5.95 Å². The Morgan fingerprint density at radius 2 is 1.94 bits per heavy atom. The van der Waals surface area contributed by atoms with E-state index in [-0.39, 0.29) is 19.1 Å². The van der Waals surface area contributed by atoms with Crippen molar-refractivity contribution in [1.82, 2.24) is 20.4 Å². The van der Waals surface area contributed by atoms with E-state index in [0.717, 1.165) is 13.0 Å². The average Bonchev–Trinajstić information content (AvgIpc) is 3.48. The van der Waals surface area contributed by atoms with Crippen molar-refractivity contribution in [2.24, 2.45) is 0 Å². The number of carbonyl (C=O) groups excluding carboxylic acids is 1. The van der Waals surface area contributed by atoms with E-state index in [2.05, 4.69) is 31.0 Å². The molecule has 0 aliphatic carbocycles. The first-order valence-electron chi connectivity index (χ1n) is 11.2. The molecule has 36 heavy (non-hydrogen) atoms. The molecular formula is C22H23F3N8O2S. The van der Waals surface area contributed by atoms with Crippen LogP contribution in [0.3, 0.4) is 0 Å². The van der Waals surface area contributed by atoms with E-state index in [1.165, 1.54) is 24.5 Å². The van der Waals surface area contributed by atoms with E-state index in [0.29, 0.717) is 33.9 Å². The molecule has 0 spiro atoms. The van der Waals surface area contributed by atoms with Crippen molar-refractivity contribution >= 4 is 39.0 Å². The minimum atomic E-state index is -2.69. The molecule has 0 bridgehead atoms. The molecule has 5 rings (SSSR count). The minimum Gasteiger partial charge on any atom is -0.367 e. The van der Waals surface area contributed by atoms with Gasteiger partial charge >= 0.3 is 0 Å². The van der Waals surface area contributed by atoms with Crippen molar-refractivity contribution in [2.75, 3.05) is 53.7 Å². The molecule has 3 aromatic rings. The lowest BCUT2D eigenvalue weighted by atomic mass is 10.0. The predicted molar refractivity (Wildman–Crippen MR) is 128 cm³/mol. The smallest absolute Gasteiger partial charge is 0.282 e. The molecule has 10 nitrogen and oxygen atoms in total. The zero-order valence-corrected chi connectivity index (χ0v) is 20.0. The molecule has 2 N–H and O–H groups in total. The number of halogens is 3. The highest BCUT2D eigenvalue weighted by molar-refractivity contribution is 7.19. The molecule has 0 saturated carbocycles. The lowest BCUT2D eigenvalue weighted by Gasteiger charge is -2.40. The summed E-state index contributed by atoms with van der Waals surface area (Å²) in [5.74, 6) is -3.17. The number of nitrogens with one attached hydrogen (secondary N) is 2. The maximum Gasteiger partial charge on any atom is 0.282 e. The number of ether oxygens (including phenoxy) is 1. The highest BCUT2D eigenvalue weighted by Gasteiger charge is 2.44. The Morgan fingerprint density at radius 3 is 2.67 bits per heavy atom. The maximum atomic E-state index is 13.2. The second-order valence-corrected chi connectivity index (χ2v) is 9.59. The summed E-state index contributed by atoms with van der Waals surface area (Å²) in [6, 6.07) is 9.73. The second-order valence-electron chi connectivity index (χ2n) is 8.61. The molecule has 2 aliphatic heterocycles. The number of alkyl halides is 2. The fourth-order valence-electron chi connectivity index (χ4n) is 4.22. The SMILES string of the molecule is CO[C@H](C(=O)Nc1nnc(N[C@@H]2CCN(c3ccc(F)nn3)C2)s1)c1cccc(N2CC(F)(F)C2)c1. The molecule has 2 saturated heterocycles. The number of benzene rings is 1. The van der Waals surface area contributed by atoms with Gasteiger partial charge in [-0.15, -0.1) is 20.4 Å². The number of hydrogen-bond donors (Lipinski definition) is 2. The van der Waals surface area contributed by atoms with Crippen LogP contribution < -0.4 is 20.4 Å². The largest absolute Gasteiger partial charge is 0.367 e. The van der Waals surface area contributed by atoms with E-state index in [4.69, 9.17) is 4.74 Å². The van der Waals surface area contributed by atoms with Gasteiger partial charge in [-0.05, 0) is 36.2 Å². The van der Waals surface area contributed by atoms with Crippen molar-refractivity contribution < 1.29 is 22.7 Å². The van der Waals surface area contributed by atoms with Gasteiger partial charge in [0.2, 0.25) is 16.2 Å². The number of hydrogen-bond acceptors (Lipinski definition) is 10. The van der Waals surface area contributed by atoms with Crippen LogP contribution in [-0.4, -0.2) is 71.6 Å². The number of carbonyl (C=O) groups is 1. The van der Waals surface area contributed by atoms with Gasteiger partial charge in [0.05, 0.1) is 13.1 Å². The zero-order valence-electron chi connectivity index (χ0n) is 19.2. The Kier molecular flexibility index (Phi) is 6.62. The molecule has 190 valence electrons. The average molecular weight is 521 g/mol. The highest BCUT2D eigenvalue weighted by atomic mass is 32.1. The highest BCUT2D eigenvalue weighted by Crippen LogP contribution is 2.33. The molecule has 0 unspecified atom stereocenters. The summed E-state index contributed by atoms with van der Waals surface area (Å²) in [4.78, 5) is 16.4. The number of anilines is 4. The van der Waals surface area contributed by atoms with Crippen molar-refractivity contribution in [3.05, 3.63) is 47.9 Å². The fraction of sp³-hybridized carbons (Fsp3) is 0.409. The summed E-state index contributed by atoms with van der Waals surface area (Å²) in [5.41, 5.74) is 1.15. The van der Waals surface area contributed by atoms with Gasteiger partial charge in [0.15, 0.2) is 11.9 Å². The second kappa shape index (κ2) is 9.85. The lowest BCUT2D eigenvalue weighted by Crippen LogP contribution is -2.56. The number of nitrogens with zero attached hydrogens (tertiary/aromatic N) is 6. The van der Waals surface area contributed by atoms with Crippen LogP contribution in [0.4, 0.5) is 34.9 Å². The van der Waals surface area contributed by atoms with Crippen LogP contribution in [0.2, 0.25) is 0 Å². The van der Waals surface area contributed by atoms with Crippen LogP contribution in [0.1, 0.15) is 18.1 Å². The number of methoxy groups -OCH3 is 1. The van der Waals surface area contributed by atoms with Gasteiger partial charge in [-0.3, -0.25) is 10.1 Å². The van der Waals surface area contributed by atoms with Gasteiger partial charge in [-0.1, -0.05) is 23.5 Å². The van der Waals surface area contributed by atoms with E-state index in [9.17, 15) is 18.0 Å². The first kappa shape index (κ1) is 24.2. The van der Waals surface area contributed by atoms with Gasteiger partial charge in [0.1, 0.15) is 0 Å². The number of aromatic nitrogens is 4. The minimum absolute atomic E-state index is 0.0664. The summed E-state index contributed by atoms with van der Waals surface area (Å²) < 4.78 is 44.9. The van der Waals surface area contributed by atoms with E-state index < -0.39 is 23.9 Å².